The van der Waals surface area contributed by atoms with Crippen LogP contribution in [0.4, 0.5) is 5.69 Å². The second-order valence-electron chi connectivity index (χ2n) is 5.61. The van der Waals surface area contributed by atoms with Crippen molar-refractivity contribution in [2.45, 2.75) is 11.8 Å². The Morgan fingerprint density at radius 2 is 1.69 bits per heavy atom. The van der Waals surface area contributed by atoms with Crippen molar-refractivity contribution in [1.29, 1.82) is 0 Å². The number of rotatable bonds is 6. The second kappa shape index (κ2) is 8.54. The van der Waals surface area contributed by atoms with Crippen LogP contribution in [0.1, 0.15) is 17.3 Å². The molecule has 0 aromatic heterocycles. The second-order valence-corrected chi connectivity index (χ2v) is 6.63. The van der Waals surface area contributed by atoms with Crippen molar-refractivity contribution in [3.05, 3.63) is 72.3 Å². The molecule has 0 radical (unpaired) electrons. The molecule has 0 saturated carbocycles. The lowest BCUT2D eigenvalue weighted by molar-refractivity contribution is -0.113. The molecule has 26 heavy (non-hydrogen) atoms. The van der Waals surface area contributed by atoms with Gasteiger partial charge in [-0.2, -0.15) is 0 Å². The molecule has 0 fully saturated rings. The monoisotopic (exact) mass is 365 g/mol. The van der Waals surface area contributed by atoms with Crippen molar-refractivity contribution in [3.8, 4) is 0 Å². The normalized spacial score (nSPS) is 10.5. The van der Waals surface area contributed by atoms with Gasteiger partial charge in [-0.3, -0.25) is 4.79 Å². The van der Waals surface area contributed by atoms with Crippen LogP contribution in [0, 0.1) is 0 Å². The molecule has 0 heterocycles. The summed E-state index contributed by atoms with van der Waals surface area (Å²) < 4.78 is 4.94. The van der Waals surface area contributed by atoms with E-state index in [0.29, 0.717) is 23.6 Å². The van der Waals surface area contributed by atoms with Crippen LogP contribution in [-0.2, 0) is 9.53 Å². The molecule has 1 N–H and O–H groups in total. The molecule has 0 spiro atoms. The number of anilines is 1. The van der Waals surface area contributed by atoms with E-state index in [2.05, 4.69) is 23.5 Å². The number of benzene rings is 3. The van der Waals surface area contributed by atoms with Crippen LogP contribution < -0.4 is 5.32 Å². The third-order valence-electron chi connectivity index (χ3n) is 3.79. The maximum Gasteiger partial charge on any atom is 0.338 e. The first kappa shape index (κ1) is 18.0. The molecule has 0 unspecified atom stereocenters. The maximum absolute atomic E-state index is 12.2. The molecule has 3 rings (SSSR count). The molecule has 0 aliphatic heterocycles. The number of fused-ring (bicyclic) bond motifs is 1. The Kier molecular flexibility index (Phi) is 5.92. The van der Waals surface area contributed by atoms with Crippen molar-refractivity contribution in [2.24, 2.45) is 0 Å². The zero-order valence-corrected chi connectivity index (χ0v) is 15.2. The van der Waals surface area contributed by atoms with Crippen molar-refractivity contribution < 1.29 is 14.3 Å². The lowest BCUT2D eigenvalue weighted by Crippen LogP contribution is -2.14. The van der Waals surface area contributed by atoms with Gasteiger partial charge in [0.2, 0.25) is 5.91 Å². The highest BCUT2D eigenvalue weighted by molar-refractivity contribution is 8.00. The number of nitrogens with one attached hydrogen (secondary N) is 1. The largest absolute Gasteiger partial charge is 0.462 e. The highest BCUT2D eigenvalue weighted by Gasteiger charge is 2.08. The summed E-state index contributed by atoms with van der Waals surface area (Å²) in [7, 11) is 0. The molecule has 5 heteroatoms. The predicted molar refractivity (Wildman–Crippen MR) is 106 cm³/mol. The van der Waals surface area contributed by atoms with E-state index in [1.165, 1.54) is 11.8 Å². The summed E-state index contributed by atoms with van der Waals surface area (Å²) >= 11 is 1.51. The molecule has 132 valence electrons. The molecule has 1 amide bonds. The zero-order chi connectivity index (χ0) is 18.4. The van der Waals surface area contributed by atoms with Gasteiger partial charge in [0.05, 0.1) is 17.9 Å². The van der Waals surface area contributed by atoms with Crippen molar-refractivity contribution in [1.82, 2.24) is 0 Å². The number of hydrogen-bond acceptors (Lipinski definition) is 4. The van der Waals surface area contributed by atoms with Gasteiger partial charge < -0.3 is 10.1 Å². The third kappa shape index (κ3) is 4.43. The molecule has 0 atom stereocenters. The summed E-state index contributed by atoms with van der Waals surface area (Å²) in [5.41, 5.74) is 1.12. The Labute approximate surface area is 156 Å². The van der Waals surface area contributed by atoms with E-state index < -0.39 is 0 Å². The number of hydrogen-bond donors (Lipinski definition) is 1. The first-order valence-electron chi connectivity index (χ1n) is 8.35. The van der Waals surface area contributed by atoms with Gasteiger partial charge in [0.1, 0.15) is 0 Å². The minimum absolute atomic E-state index is 0.0909. The van der Waals surface area contributed by atoms with Crippen molar-refractivity contribution in [2.75, 3.05) is 17.7 Å². The number of thioether (sulfide) groups is 1. The Bertz CT molecular complexity index is 917. The molecular weight excluding hydrogens is 346 g/mol. The number of esters is 1. The quantitative estimate of drug-likeness (QED) is 0.506. The van der Waals surface area contributed by atoms with Crippen LogP contribution in [0.2, 0.25) is 0 Å². The molecule has 0 bridgehead atoms. The minimum atomic E-state index is -0.364. The Morgan fingerprint density at radius 3 is 2.46 bits per heavy atom. The van der Waals surface area contributed by atoms with Gasteiger partial charge in [-0.1, -0.05) is 36.4 Å². The lowest BCUT2D eigenvalue weighted by atomic mass is 10.1. The first-order chi connectivity index (χ1) is 12.7. The third-order valence-corrected chi connectivity index (χ3v) is 4.86. The summed E-state index contributed by atoms with van der Waals surface area (Å²) in [4.78, 5) is 24.9. The van der Waals surface area contributed by atoms with Gasteiger partial charge in [-0.15, -0.1) is 11.8 Å². The van der Waals surface area contributed by atoms with E-state index in [-0.39, 0.29) is 11.9 Å². The SMILES string of the molecule is CCOC(=O)c1ccc(NC(=O)CSc2cccc3ccccc23)cc1. The summed E-state index contributed by atoms with van der Waals surface area (Å²) in [6, 6.07) is 20.9. The molecule has 0 aliphatic rings. The van der Waals surface area contributed by atoms with Crippen LogP contribution in [0.15, 0.2) is 71.6 Å². The molecular formula is C21H19NO3S. The Balaban J connectivity index is 1.59. The first-order valence-corrected chi connectivity index (χ1v) is 9.33. The van der Waals surface area contributed by atoms with E-state index in [1.807, 2.05) is 24.3 Å². The van der Waals surface area contributed by atoms with Gasteiger partial charge in [-0.25, -0.2) is 4.79 Å². The molecule has 3 aromatic rings. The summed E-state index contributed by atoms with van der Waals surface area (Å²) in [6.45, 7) is 2.10. The highest BCUT2D eigenvalue weighted by Crippen LogP contribution is 2.27. The Morgan fingerprint density at radius 1 is 0.962 bits per heavy atom. The van der Waals surface area contributed by atoms with Gasteiger partial charge in [0.15, 0.2) is 0 Å². The van der Waals surface area contributed by atoms with Gasteiger partial charge in [0, 0.05) is 10.6 Å². The van der Waals surface area contributed by atoms with E-state index in [9.17, 15) is 9.59 Å². The lowest BCUT2D eigenvalue weighted by Gasteiger charge is -2.08. The van der Waals surface area contributed by atoms with Crippen molar-refractivity contribution >= 4 is 40.1 Å². The van der Waals surface area contributed by atoms with Gasteiger partial charge in [-0.05, 0) is 48.0 Å². The van der Waals surface area contributed by atoms with Crippen LogP contribution >= 0.6 is 11.8 Å². The average molecular weight is 365 g/mol. The smallest absolute Gasteiger partial charge is 0.338 e. The molecule has 0 aliphatic carbocycles. The van der Waals surface area contributed by atoms with Crippen LogP contribution in [0.25, 0.3) is 10.8 Å². The maximum atomic E-state index is 12.2. The summed E-state index contributed by atoms with van der Waals surface area (Å²) in [6.07, 6.45) is 0. The molecule has 3 aromatic carbocycles. The Hall–Kier alpha value is -2.79. The van der Waals surface area contributed by atoms with Crippen LogP contribution in [-0.4, -0.2) is 24.2 Å². The summed E-state index contributed by atoms with van der Waals surface area (Å²) in [5.74, 6) is -0.142. The highest BCUT2D eigenvalue weighted by atomic mass is 32.2. The molecule has 0 saturated heterocycles. The number of carbonyl (C=O) groups is 2. The average Bonchev–Trinajstić information content (AvgIpc) is 2.67. The number of ether oxygens (including phenoxy) is 1. The number of amides is 1. The van der Waals surface area contributed by atoms with Gasteiger partial charge >= 0.3 is 5.97 Å². The van der Waals surface area contributed by atoms with Crippen molar-refractivity contribution in [3.63, 3.8) is 0 Å². The van der Waals surface area contributed by atoms with E-state index >= 15 is 0 Å². The zero-order valence-electron chi connectivity index (χ0n) is 14.4. The van der Waals surface area contributed by atoms with Gasteiger partial charge in [0.25, 0.3) is 0 Å². The fraction of sp³-hybridized carbons (Fsp3) is 0.143. The number of carbonyl (C=O) groups excluding carboxylic acids is 2. The van der Waals surface area contributed by atoms with Crippen LogP contribution in [0.3, 0.4) is 0 Å². The molecule has 4 nitrogen and oxygen atoms in total. The van der Waals surface area contributed by atoms with Crippen LogP contribution in [0.5, 0.6) is 0 Å². The fourth-order valence-corrected chi connectivity index (χ4v) is 3.44. The standard InChI is InChI=1S/C21H19NO3S/c1-2-25-21(24)16-10-12-17(13-11-16)22-20(23)14-26-19-9-5-7-15-6-3-4-8-18(15)19/h3-13H,2,14H2,1H3,(H,22,23). The van der Waals surface area contributed by atoms with E-state index in [4.69, 9.17) is 4.74 Å². The van der Waals surface area contributed by atoms with E-state index in [0.717, 1.165) is 15.7 Å². The topological polar surface area (TPSA) is 55.4 Å². The minimum Gasteiger partial charge on any atom is -0.462 e. The van der Waals surface area contributed by atoms with E-state index in [1.54, 1.807) is 31.2 Å². The predicted octanol–water partition coefficient (Wildman–Crippen LogP) is 4.75. The summed E-state index contributed by atoms with van der Waals surface area (Å²) in [5, 5.41) is 5.15. The fourth-order valence-electron chi connectivity index (χ4n) is 2.57.